The molecule has 0 bridgehead atoms. The summed E-state index contributed by atoms with van der Waals surface area (Å²) in [4.78, 5) is 29.9. The van der Waals surface area contributed by atoms with Gasteiger partial charge in [0.25, 0.3) is 0 Å². The van der Waals surface area contributed by atoms with Crippen LogP contribution in [0.4, 0.5) is 46.8 Å². The lowest BCUT2D eigenvalue weighted by Crippen LogP contribution is -2.36. The first-order chi connectivity index (χ1) is 20.4. The third-order valence-corrected chi connectivity index (χ3v) is 7.29. The molecule has 4 heterocycles. The number of alkyl halides is 8. The number of amides is 1. The number of carbonyl (C=O) groups excluding carboxylic acids is 1. The number of carbonyl (C=O) groups is 1. The Kier molecular flexibility index (Phi) is 7.54. The SMILES string of the molecule is CC1(c2ccc(Cl)c(O)c2)C(=O)Nc2nc(-c3cn4ncnc4c(CCC(F)(F)C(F)(F)F)n3)nc(NCCC(F)(F)F)c21. The minimum Gasteiger partial charge on any atom is -0.506 e. The van der Waals surface area contributed by atoms with Crippen molar-refractivity contribution in [1.82, 2.24) is 29.5 Å². The van der Waals surface area contributed by atoms with Crippen LogP contribution >= 0.6 is 11.6 Å². The summed E-state index contributed by atoms with van der Waals surface area (Å²) >= 11 is 5.91. The second kappa shape index (κ2) is 10.7. The Balaban J connectivity index is 1.63. The average Bonchev–Trinajstić information content (AvgIpc) is 3.50. The zero-order chi connectivity index (χ0) is 32.2. The van der Waals surface area contributed by atoms with E-state index in [0.29, 0.717) is 0 Å². The van der Waals surface area contributed by atoms with Gasteiger partial charge in [0.2, 0.25) is 5.91 Å². The van der Waals surface area contributed by atoms with Crippen LogP contribution in [0.1, 0.15) is 36.6 Å². The molecule has 0 saturated carbocycles. The topological polar surface area (TPSA) is 130 Å². The maximum atomic E-state index is 13.7. The molecule has 0 spiro atoms. The lowest BCUT2D eigenvalue weighted by Gasteiger charge is -2.25. The summed E-state index contributed by atoms with van der Waals surface area (Å²) in [6.07, 6.45) is -12.0. The van der Waals surface area contributed by atoms with Crippen molar-refractivity contribution in [1.29, 1.82) is 0 Å². The van der Waals surface area contributed by atoms with Crippen LogP contribution in [-0.4, -0.2) is 65.4 Å². The van der Waals surface area contributed by atoms with Gasteiger partial charge >= 0.3 is 18.3 Å². The number of aryl methyl sites for hydroxylation is 1. The Morgan fingerprint density at radius 3 is 2.45 bits per heavy atom. The van der Waals surface area contributed by atoms with E-state index in [-0.39, 0.29) is 56.4 Å². The molecule has 5 rings (SSSR count). The van der Waals surface area contributed by atoms with Gasteiger partial charge in [0, 0.05) is 13.0 Å². The van der Waals surface area contributed by atoms with Gasteiger partial charge in [-0.2, -0.15) is 40.2 Å². The fourth-order valence-corrected chi connectivity index (χ4v) is 4.74. The van der Waals surface area contributed by atoms with Crippen LogP contribution in [0.5, 0.6) is 5.75 Å². The molecule has 3 aromatic heterocycles. The zero-order valence-corrected chi connectivity index (χ0v) is 22.9. The standard InChI is InChI=1S/C25H19ClF8N8O2/c1-22(11-2-3-12(26)15(43)8-11)16-18(35-7-6-24(29,30)31)39-17(40-19(16)41-21(22)44)14-9-42-20(36-10-37-42)13(38-14)4-5-23(27,28)25(32,33)34/h2-3,8-10,43H,4-7H2,1H3,(H2,35,39,40,41,44). The second-order valence-corrected chi connectivity index (χ2v) is 10.4. The van der Waals surface area contributed by atoms with Crippen molar-refractivity contribution >= 4 is 34.8 Å². The molecule has 1 unspecified atom stereocenters. The van der Waals surface area contributed by atoms with E-state index < -0.39 is 55.4 Å². The second-order valence-electron chi connectivity index (χ2n) is 9.96. The molecule has 44 heavy (non-hydrogen) atoms. The number of aromatic nitrogens is 6. The molecule has 0 radical (unpaired) electrons. The fourth-order valence-electron chi connectivity index (χ4n) is 4.62. The van der Waals surface area contributed by atoms with Crippen LogP contribution in [0.25, 0.3) is 17.2 Å². The lowest BCUT2D eigenvalue weighted by atomic mass is 9.77. The van der Waals surface area contributed by atoms with Gasteiger partial charge in [0.05, 0.1) is 28.9 Å². The van der Waals surface area contributed by atoms with E-state index in [1.165, 1.54) is 31.3 Å². The van der Waals surface area contributed by atoms with Gasteiger partial charge in [-0.1, -0.05) is 17.7 Å². The highest BCUT2D eigenvalue weighted by molar-refractivity contribution is 6.32. The summed E-state index contributed by atoms with van der Waals surface area (Å²) in [5.41, 5.74) is -2.09. The van der Waals surface area contributed by atoms with Gasteiger partial charge in [-0.25, -0.2) is 24.5 Å². The van der Waals surface area contributed by atoms with E-state index in [1.54, 1.807) is 0 Å². The van der Waals surface area contributed by atoms with Crippen molar-refractivity contribution in [2.45, 2.75) is 49.9 Å². The van der Waals surface area contributed by atoms with Crippen molar-refractivity contribution in [2.24, 2.45) is 0 Å². The predicted octanol–water partition coefficient (Wildman–Crippen LogP) is 5.69. The molecule has 19 heteroatoms. The number of hydrogen-bond donors (Lipinski definition) is 3. The molecule has 1 atom stereocenters. The van der Waals surface area contributed by atoms with Gasteiger partial charge in [0.15, 0.2) is 11.5 Å². The first-order valence-electron chi connectivity index (χ1n) is 12.6. The molecule has 0 aliphatic carbocycles. The smallest absolute Gasteiger partial charge is 0.453 e. The maximum Gasteiger partial charge on any atom is 0.453 e. The van der Waals surface area contributed by atoms with E-state index in [2.05, 4.69) is 35.7 Å². The molecule has 234 valence electrons. The highest BCUT2D eigenvalue weighted by Gasteiger charge is 2.56. The highest BCUT2D eigenvalue weighted by atomic mass is 35.5. The van der Waals surface area contributed by atoms with Gasteiger partial charge < -0.3 is 15.7 Å². The van der Waals surface area contributed by atoms with Crippen LogP contribution in [0.2, 0.25) is 5.02 Å². The number of hydrogen-bond acceptors (Lipinski definition) is 8. The molecule has 1 aliphatic rings. The summed E-state index contributed by atoms with van der Waals surface area (Å²) in [6.45, 7) is 0.739. The van der Waals surface area contributed by atoms with Crippen LogP contribution in [0.15, 0.2) is 30.7 Å². The molecular weight excluding hydrogens is 632 g/mol. The number of anilines is 2. The van der Waals surface area contributed by atoms with Gasteiger partial charge in [0.1, 0.15) is 34.8 Å². The van der Waals surface area contributed by atoms with E-state index >= 15 is 0 Å². The minimum absolute atomic E-state index is 0.0158. The first-order valence-corrected chi connectivity index (χ1v) is 13.0. The van der Waals surface area contributed by atoms with Crippen LogP contribution in [-0.2, 0) is 16.6 Å². The largest absolute Gasteiger partial charge is 0.506 e. The number of phenols is 1. The third kappa shape index (κ3) is 5.65. The number of nitrogens with one attached hydrogen (secondary N) is 2. The summed E-state index contributed by atoms with van der Waals surface area (Å²) in [5, 5.41) is 19.1. The molecular formula is C25H19ClF8N8O2. The number of aromatic hydroxyl groups is 1. The summed E-state index contributed by atoms with van der Waals surface area (Å²) in [7, 11) is 0. The van der Waals surface area contributed by atoms with Crippen molar-refractivity contribution < 1.29 is 45.0 Å². The molecule has 1 amide bonds. The molecule has 10 nitrogen and oxygen atoms in total. The minimum atomic E-state index is -5.81. The number of rotatable bonds is 8. The molecule has 4 aromatic rings. The van der Waals surface area contributed by atoms with Crippen molar-refractivity contribution in [2.75, 3.05) is 17.2 Å². The predicted molar refractivity (Wildman–Crippen MR) is 138 cm³/mol. The van der Waals surface area contributed by atoms with E-state index in [0.717, 1.165) is 10.8 Å². The number of nitrogens with zero attached hydrogens (tertiary/aromatic N) is 6. The average molecular weight is 651 g/mol. The van der Waals surface area contributed by atoms with E-state index in [1.807, 2.05) is 0 Å². The zero-order valence-electron chi connectivity index (χ0n) is 22.2. The van der Waals surface area contributed by atoms with Crippen molar-refractivity contribution in [3.63, 3.8) is 0 Å². The summed E-state index contributed by atoms with van der Waals surface area (Å²) in [5.74, 6) is -6.82. The molecule has 1 aromatic carbocycles. The Hall–Kier alpha value is -4.35. The number of fused-ring (bicyclic) bond motifs is 2. The normalized spacial score (nSPS) is 17.2. The Bertz CT molecular complexity index is 1760. The quantitative estimate of drug-likeness (QED) is 0.207. The first kappa shape index (κ1) is 31.1. The monoisotopic (exact) mass is 650 g/mol. The van der Waals surface area contributed by atoms with Crippen LogP contribution < -0.4 is 10.6 Å². The molecule has 0 fully saturated rings. The third-order valence-electron chi connectivity index (χ3n) is 6.97. The summed E-state index contributed by atoms with van der Waals surface area (Å²) in [6, 6.07) is 3.94. The number of phenolic OH excluding ortho intramolecular Hbond substituents is 1. The highest BCUT2D eigenvalue weighted by Crippen LogP contribution is 2.47. The number of halogens is 9. The maximum absolute atomic E-state index is 13.7. The molecule has 1 aliphatic heterocycles. The van der Waals surface area contributed by atoms with Crippen molar-refractivity contribution in [3.05, 3.63) is 52.6 Å². The van der Waals surface area contributed by atoms with Gasteiger partial charge in [-0.15, -0.1) is 0 Å². The Morgan fingerprint density at radius 2 is 1.80 bits per heavy atom. The van der Waals surface area contributed by atoms with Gasteiger partial charge in [-0.3, -0.25) is 4.79 Å². The fraction of sp³-hybridized carbons (Fsp3) is 0.360. The van der Waals surface area contributed by atoms with E-state index in [9.17, 15) is 45.0 Å². The lowest BCUT2D eigenvalue weighted by molar-refractivity contribution is -0.284. The van der Waals surface area contributed by atoms with E-state index in [4.69, 9.17) is 11.6 Å². The van der Waals surface area contributed by atoms with Gasteiger partial charge in [-0.05, 0) is 31.0 Å². The Labute approximate surface area is 246 Å². The summed E-state index contributed by atoms with van der Waals surface area (Å²) < 4.78 is 106. The molecule has 3 N–H and O–H groups in total. The van der Waals surface area contributed by atoms with Crippen LogP contribution in [0.3, 0.4) is 0 Å². The number of benzene rings is 1. The van der Waals surface area contributed by atoms with Crippen molar-refractivity contribution in [3.8, 4) is 17.3 Å². The molecule has 0 saturated heterocycles. The Morgan fingerprint density at radius 1 is 1.07 bits per heavy atom. The van der Waals surface area contributed by atoms with Crippen LogP contribution in [0, 0.1) is 0 Å².